The van der Waals surface area contributed by atoms with E-state index in [4.69, 9.17) is 9.47 Å². The van der Waals surface area contributed by atoms with Crippen molar-refractivity contribution in [1.29, 1.82) is 0 Å². The predicted octanol–water partition coefficient (Wildman–Crippen LogP) is 7.17. The number of rotatable bonds is 13. The van der Waals surface area contributed by atoms with Crippen LogP contribution in [0, 0.1) is 11.8 Å². The summed E-state index contributed by atoms with van der Waals surface area (Å²) in [5, 5.41) is 5.32. The van der Waals surface area contributed by atoms with Crippen molar-refractivity contribution in [2.45, 2.75) is 77.5 Å². The second kappa shape index (κ2) is 17.9. The van der Waals surface area contributed by atoms with E-state index < -0.39 is 30.9 Å². The van der Waals surface area contributed by atoms with Crippen LogP contribution in [0.2, 0.25) is 0 Å². The maximum Gasteiger partial charge on any atom is 0.407 e. The van der Waals surface area contributed by atoms with Gasteiger partial charge in [-0.05, 0) is 71.9 Å². The zero-order chi connectivity index (χ0) is 39.9. The van der Waals surface area contributed by atoms with Crippen molar-refractivity contribution < 1.29 is 33.0 Å². The molecule has 2 aliphatic heterocycles. The highest BCUT2D eigenvalue weighted by Crippen LogP contribution is 2.36. The topological polar surface area (TPSA) is 162 Å². The zero-order valence-electron chi connectivity index (χ0n) is 32.6. The molecule has 13 nitrogen and oxygen atoms in total. The summed E-state index contributed by atoms with van der Waals surface area (Å²) in [5.74, 6) is 0.0694. The van der Waals surface area contributed by atoms with Crippen LogP contribution in [0.15, 0.2) is 66.9 Å². The summed E-state index contributed by atoms with van der Waals surface area (Å²) in [4.78, 5) is 66.5. The number of likely N-dealkylation sites (tertiary alicyclic amines) is 2. The third kappa shape index (κ3) is 8.90. The molecule has 0 aliphatic carbocycles. The van der Waals surface area contributed by atoms with Gasteiger partial charge in [0.1, 0.15) is 31.2 Å². The number of halogens is 1. The Morgan fingerprint density at radius 2 is 1.25 bits per heavy atom. The number of amides is 4. The van der Waals surface area contributed by atoms with E-state index in [-0.39, 0.29) is 42.3 Å². The molecule has 4 amide bonds. The van der Waals surface area contributed by atoms with Gasteiger partial charge in [-0.3, -0.25) is 9.59 Å². The summed E-state index contributed by atoms with van der Waals surface area (Å²) < 4.78 is 22.1. The summed E-state index contributed by atoms with van der Waals surface area (Å²) >= 11 is 0. The third-order valence-electron chi connectivity index (χ3n) is 10.7. The van der Waals surface area contributed by atoms with E-state index in [0.29, 0.717) is 18.9 Å². The molecule has 6 rings (SSSR count). The van der Waals surface area contributed by atoms with Crippen molar-refractivity contribution in [3.05, 3.63) is 78.4 Å². The van der Waals surface area contributed by atoms with Crippen LogP contribution in [0.3, 0.4) is 0 Å². The van der Waals surface area contributed by atoms with Gasteiger partial charge in [0.15, 0.2) is 0 Å². The van der Waals surface area contributed by atoms with Gasteiger partial charge in [0.2, 0.25) is 11.8 Å². The molecule has 4 N–H and O–H groups in total. The minimum absolute atomic E-state index is 0.0912. The van der Waals surface area contributed by atoms with Crippen molar-refractivity contribution in [3.63, 3.8) is 0 Å². The molecule has 2 aromatic carbocycles. The highest BCUT2D eigenvalue weighted by Gasteiger charge is 2.38. The fraction of sp³-hybridized carbons (Fsp3) is 0.452. The lowest BCUT2D eigenvalue weighted by molar-refractivity contribution is -0.136. The van der Waals surface area contributed by atoms with Crippen LogP contribution in [0.1, 0.15) is 77.0 Å². The van der Waals surface area contributed by atoms with E-state index in [1.165, 1.54) is 7.11 Å². The van der Waals surface area contributed by atoms with Crippen LogP contribution in [0.5, 0.6) is 0 Å². The molecule has 56 heavy (non-hydrogen) atoms. The maximum atomic E-state index is 13.6. The van der Waals surface area contributed by atoms with Crippen molar-refractivity contribution >= 4 is 24.0 Å². The smallest absolute Gasteiger partial charge is 0.407 e. The summed E-state index contributed by atoms with van der Waals surface area (Å²) in [7, 11) is 1.29. The molecule has 0 spiro atoms. The monoisotopic (exact) mass is 769 g/mol. The number of H-pyrrole nitrogens is 2. The van der Waals surface area contributed by atoms with Crippen molar-refractivity contribution in [2.75, 3.05) is 33.5 Å². The predicted molar refractivity (Wildman–Crippen MR) is 210 cm³/mol. The first kappa shape index (κ1) is 40.0. The maximum absolute atomic E-state index is 13.6. The first-order valence-corrected chi connectivity index (χ1v) is 19.4. The van der Waals surface area contributed by atoms with Gasteiger partial charge >= 0.3 is 12.2 Å². The minimum Gasteiger partial charge on any atom is -0.453 e. The number of nitrogens with one attached hydrogen (secondary N) is 4. The number of hydrogen-bond acceptors (Lipinski definition) is 7. The Balaban J connectivity index is 1.09. The Morgan fingerprint density at radius 1 is 0.732 bits per heavy atom. The van der Waals surface area contributed by atoms with Gasteiger partial charge in [0.25, 0.3) is 0 Å². The molecule has 0 bridgehead atoms. The van der Waals surface area contributed by atoms with Crippen LogP contribution in [-0.4, -0.2) is 94.3 Å². The quantitative estimate of drug-likeness (QED) is 0.112. The standard InChI is InChI=1S/C42H52FN7O6/c1-25(2)36(47-41(53)55-5)39(51)49-21-6-8-34(49)32-19-18-31(45-32)29-14-10-27(11-15-29)28-12-16-30(17-13-28)33-24-44-38(46-33)35-9-7-22-50(35)40(52)37(26(3)4)48-42(54)56-23-20-43/h10-19,24-26,34-37,45H,6-9,20-23H2,1-5H3,(H,44,46)(H,47,53)(H,48,54)/t34?,35?,36-,37-/m0/s1. The second-order valence-corrected chi connectivity index (χ2v) is 15.1. The zero-order valence-corrected chi connectivity index (χ0v) is 32.6. The number of ether oxygens (including phenoxy) is 2. The van der Waals surface area contributed by atoms with E-state index in [1.54, 1.807) is 11.1 Å². The number of aromatic nitrogens is 3. The largest absolute Gasteiger partial charge is 0.453 e. The number of hydrogen-bond donors (Lipinski definition) is 4. The molecular weight excluding hydrogens is 718 g/mol. The number of imidazole rings is 1. The van der Waals surface area contributed by atoms with E-state index >= 15 is 0 Å². The lowest BCUT2D eigenvalue weighted by Gasteiger charge is -2.30. The lowest BCUT2D eigenvalue weighted by Crippen LogP contribution is -2.51. The average molecular weight is 770 g/mol. The highest BCUT2D eigenvalue weighted by atomic mass is 19.1. The fourth-order valence-electron chi connectivity index (χ4n) is 7.65. The van der Waals surface area contributed by atoms with Crippen LogP contribution >= 0.6 is 0 Å². The molecule has 2 aliphatic rings. The van der Waals surface area contributed by atoms with Crippen molar-refractivity contribution in [1.82, 2.24) is 35.4 Å². The lowest BCUT2D eigenvalue weighted by atomic mass is 10.0. The number of nitrogens with zero attached hydrogens (tertiary/aromatic N) is 3. The normalized spacial score (nSPS) is 17.9. The van der Waals surface area contributed by atoms with Gasteiger partial charge < -0.3 is 39.9 Å². The average Bonchev–Trinajstić information content (AvgIpc) is 4.04. The van der Waals surface area contributed by atoms with Crippen LogP contribution in [0.4, 0.5) is 14.0 Å². The van der Waals surface area contributed by atoms with Gasteiger partial charge in [-0.1, -0.05) is 76.2 Å². The molecule has 2 unspecified atom stereocenters. The van der Waals surface area contributed by atoms with Crippen LogP contribution < -0.4 is 10.6 Å². The summed E-state index contributed by atoms with van der Waals surface area (Å²) in [6, 6.07) is 18.8. The molecule has 4 aromatic rings. The highest BCUT2D eigenvalue weighted by molar-refractivity contribution is 5.87. The Labute approximate surface area is 326 Å². The molecule has 298 valence electrons. The van der Waals surface area contributed by atoms with Crippen molar-refractivity contribution in [2.24, 2.45) is 11.8 Å². The fourth-order valence-corrected chi connectivity index (χ4v) is 7.65. The summed E-state index contributed by atoms with van der Waals surface area (Å²) in [6.07, 6.45) is 3.61. The number of aromatic amines is 2. The third-order valence-corrected chi connectivity index (χ3v) is 10.7. The molecule has 14 heteroatoms. The second-order valence-electron chi connectivity index (χ2n) is 15.1. The molecule has 2 saturated heterocycles. The number of alkyl carbamates (subject to hydrolysis) is 2. The Hall–Kier alpha value is -5.66. The van der Waals surface area contributed by atoms with E-state index in [0.717, 1.165) is 65.0 Å². The van der Waals surface area contributed by atoms with Crippen LogP contribution in [0.25, 0.3) is 33.6 Å². The Bertz CT molecular complexity index is 1980. The first-order chi connectivity index (χ1) is 27.0. The van der Waals surface area contributed by atoms with E-state index in [2.05, 4.69) is 62.0 Å². The molecule has 2 aromatic heterocycles. The van der Waals surface area contributed by atoms with Gasteiger partial charge in [0, 0.05) is 24.5 Å². The Kier molecular flexibility index (Phi) is 12.8. The summed E-state index contributed by atoms with van der Waals surface area (Å²) in [5.41, 5.74) is 6.85. The van der Waals surface area contributed by atoms with Crippen LogP contribution in [-0.2, 0) is 19.1 Å². The first-order valence-electron chi connectivity index (χ1n) is 19.4. The van der Waals surface area contributed by atoms with Gasteiger partial charge in [0.05, 0.1) is 31.1 Å². The van der Waals surface area contributed by atoms with Gasteiger partial charge in [-0.25, -0.2) is 19.0 Å². The van der Waals surface area contributed by atoms with E-state index in [1.807, 2.05) is 56.9 Å². The van der Waals surface area contributed by atoms with Gasteiger partial charge in [-0.15, -0.1) is 0 Å². The van der Waals surface area contributed by atoms with Gasteiger partial charge in [-0.2, -0.15) is 0 Å². The number of alkyl halides is 1. The van der Waals surface area contributed by atoms with Crippen molar-refractivity contribution in [3.8, 4) is 33.6 Å². The number of methoxy groups -OCH3 is 1. The minimum atomic E-state index is -0.810. The number of carbonyl (C=O) groups is 4. The van der Waals surface area contributed by atoms with E-state index in [9.17, 15) is 23.6 Å². The number of benzene rings is 2. The molecule has 0 radical (unpaired) electrons. The SMILES string of the molecule is COC(=O)N[C@H](C(=O)N1CCCC1c1ccc(-c2ccc(-c3ccc(-c4cnc(C5CCCN5C(=O)[C@@H](NC(=O)OCCF)C(C)C)[nH]4)cc3)cc2)[nH]1)C(C)C. The Morgan fingerprint density at radius 3 is 1.80 bits per heavy atom. The molecule has 4 atom stereocenters. The molecule has 2 fully saturated rings. The number of carbonyl (C=O) groups excluding carboxylic acids is 4. The molecule has 0 saturated carbocycles. The summed E-state index contributed by atoms with van der Waals surface area (Å²) in [6.45, 7) is 7.53. The molecular formula is C42H52FN7O6. The molecule has 4 heterocycles.